The van der Waals surface area contributed by atoms with Crippen LogP contribution in [-0.4, -0.2) is 33.3 Å². The number of anilines is 1. The third-order valence-corrected chi connectivity index (χ3v) is 4.45. The maximum Gasteiger partial charge on any atom is 0.193 e. The lowest BCUT2D eigenvalue weighted by Crippen LogP contribution is -2.28. The van der Waals surface area contributed by atoms with Crippen LogP contribution in [0.3, 0.4) is 0 Å². The van der Waals surface area contributed by atoms with Gasteiger partial charge in [-0.2, -0.15) is 0 Å². The molecule has 5 nitrogen and oxygen atoms in total. The molecule has 0 radical (unpaired) electrons. The molecule has 0 atom stereocenters. The van der Waals surface area contributed by atoms with E-state index >= 15 is 0 Å². The fourth-order valence-electron chi connectivity index (χ4n) is 3.05. The summed E-state index contributed by atoms with van der Waals surface area (Å²) < 4.78 is 10.4. The Morgan fingerprint density at radius 1 is 1.22 bits per heavy atom. The number of hydrogen-bond donors (Lipinski definition) is 2. The topological polar surface area (TPSA) is 68.9 Å². The number of nitrogens with two attached hydrogens (primary N) is 1. The largest absolute Gasteiger partial charge is 0.497 e. The van der Waals surface area contributed by atoms with Gasteiger partial charge in [-0.1, -0.05) is 12.8 Å². The molecule has 0 amide bonds. The molecule has 0 heterocycles. The van der Waals surface area contributed by atoms with Crippen LogP contribution < -0.4 is 15.8 Å². The highest BCUT2D eigenvalue weighted by Gasteiger charge is 2.33. The molecule has 2 rings (SSSR count). The molecule has 0 spiro atoms. The minimum absolute atomic E-state index is 0. The van der Waals surface area contributed by atoms with Crippen molar-refractivity contribution in [3.63, 3.8) is 0 Å². The van der Waals surface area contributed by atoms with Gasteiger partial charge < -0.3 is 20.5 Å². The third-order valence-electron chi connectivity index (χ3n) is 4.45. The molecule has 1 fully saturated rings. The van der Waals surface area contributed by atoms with Gasteiger partial charge in [-0.25, -0.2) is 0 Å². The van der Waals surface area contributed by atoms with Gasteiger partial charge in [0.05, 0.1) is 7.11 Å². The van der Waals surface area contributed by atoms with Gasteiger partial charge in [0.15, 0.2) is 5.96 Å². The summed E-state index contributed by atoms with van der Waals surface area (Å²) >= 11 is 0. The Morgan fingerprint density at radius 3 is 2.43 bits per heavy atom. The molecule has 130 valence electrons. The van der Waals surface area contributed by atoms with Crippen molar-refractivity contribution in [2.75, 3.05) is 32.7 Å². The first-order valence-corrected chi connectivity index (χ1v) is 7.87. The molecule has 1 aromatic carbocycles. The molecule has 1 aliphatic carbocycles. The zero-order chi connectivity index (χ0) is 15.8. The molecule has 0 aliphatic heterocycles. The normalized spacial score (nSPS) is 16.7. The molecule has 6 heteroatoms. The highest BCUT2D eigenvalue weighted by molar-refractivity contribution is 14.0. The van der Waals surface area contributed by atoms with Gasteiger partial charge in [-0.3, -0.25) is 4.99 Å². The minimum Gasteiger partial charge on any atom is -0.497 e. The van der Waals surface area contributed by atoms with E-state index in [1.54, 1.807) is 14.2 Å². The number of methoxy groups -OCH3 is 2. The number of halogens is 1. The third kappa shape index (κ3) is 6.18. The average molecular weight is 433 g/mol. The summed E-state index contributed by atoms with van der Waals surface area (Å²) in [6, 6.07) is 7.65. The van der Waals surface area contributed by atoms with Crippen molar-refractivity contribution in [2.24, 2.45) is 16.1 Å². The molecule has 1 saturated carbocycles. The van der Waals surface area contributed by atoms with E-state index in [0.29, 0.717) is 5.96 Å². The standard InChI is InChI=1S/C17H27N3O2.HI/c1-21-12-11-17(9-3-4-10-17)13-19-16(18)20-14-5-7-15(22-2)8-6-14;/h5-8H,3-4,9-13H2,1-2H3,(H3,18,19,20);1H. The molecule has 1 aliphatic rings. The number of benzene rings is 1. The van der Waals surface area contributed by atoms with Crippen molar-refractivity contribution in [3.8, 4) is 5.75 Å². The van der Waals surface area contributed by atoms with Gasteiger partial charge in [-0.15, -0.1) is 24.0 Å². The van der Waals surface area contributed by atoms with E-state index in [4.69, 9.17) is 15.2 Å². The lowest BCUT2D eigenvalue weighted by atomic mass is 9.83. The minimum atomic E-state index is 0. The second-order valence-corrected chi connectivity index (χ2v) is 6.00. The Kier molecular flexibility index (Phi) is 8.68. The molecule has 1 aromatic rings. The lowest BCUT2D eigenvalue weighted by molar-refractivity contribution is 0.141. The zero-order valence-electron chi connectivity index (χ0n) is 14.0. The molecular formula is C17H28IN3O2. The van der Waals surface area contributed by atoms with Gasteiger partial charge in [0, 0.05) is 25.9 Å². The summed E-state index contributed by atoms with van der Waals surface area (Å²) in [6.45, 7) is 1.56. The van der Waals surface area contributed by atoms with E-state index in [0.717, 1.165) is 31.0 Å². The lowest BCUT2D eigenvalue weighted by Gasteiger charge is -2.26. The second kappa shape index (κ2) is 9.97. The van der Waals surface area contributed by atoms with Crippen LogP contribution in [-0.2, 0) is 4.74 Å². The highest BCUT2D eigenvalue weighted by atomic mass is 127. The van der Waals surface area contributed by atoms with Crippen LogP contribution in [0.15, 0.2) is 29.3 Å². The Morgan fingerprint density at radius 2 is 1.87 bits per heavy atom. The van der Waals surface area contributed by atoms with Gasteiger partial charge >= 0.3 is 0 Å². The molecule has 23 heavy (non-hydrogen) atoms. The van der Waals surface area contributed by atoms with Crippen LogP contribution in [0.2, 0.25) is 0 Å². The van der Waals surface area contributed by atoms with E-state index in [1.807, 2.05) is 24.3 Å². The molecule has 3 N–H and O–H groups in total. The molecular weight excluding hydrogens is 405 g/mol. The maximum absolute atomic E-state index is 6.02. The SMILES string of the molecule is COCCC1(CN=C(N)Nc2ccc(OC)cc2)CCCC1.I. The van der Waals surface area contributed by atoms with Gasteiger partial charge in [0.25, 0.3) is 0 Å². The quantitative estimate of drug-likeness (QED) is 0.392. The monoisotopic (exact) mass is 433 g/mol. The van der Waals surface area contributed by atoms with Crippen LogP contribution in [0.25, 0.3) is 0 Å². The average Bonchev–Trinajstić information content (AvgIpc) is 3.01. The van der Waals surface area contributed by atoms with Gasteiger partial charge in [0.2, 0.25) is 0 Å². The van der Waals surface area contributed by atoms with Crippen molar-refractivity contribution in [1.29, 1.82) is 0 Å². The van der Waals surface area contributed by atoms with Crippen LogP contribution in [0.1, 0.15) is 32.1 Å². The number of rotatable bonds is 7. The van der Waals surface area contributed by atoms with Crippen molar-refractivity contribution in [2.45, 2.75) is 32.1 Å². The number of guanidine groups is 1. The predicted molar refractivity (Wildman–Crippen MR) is 106 cm³/mol. The Hall–Kier alpha value is -1.02. The Balaban J connectivity index is 0.00000264. The van der Waals surface area contributed by atoms with Crippen LogP contribution in [0, 0.1) is 5.41 Å². The smallest absolute Gasteiger partial charge is 0.193 e. The molecule has 0 aromatic heterocycles. The summed E-state index contributed by atoms with van der Waals surface area (Å²) in [4.78, 5) is 4.57. The maximum atomic E-state index is 6.02. The second-order valence-electron chi connectivity index (χ2n) is 6.00. The molecule has 0 saturated heterocycles. The van der Waals surface area contributed by atoms with E-state index < -0.39 is 0 Å². The van der Waals surface area contributed by atoms with Crippen LogP contribution in [0.4, 0.5) is 5.69 Å². The first kappa shape index (κ1) is 20.0. The molecule has 0 bridgehead atoms. The van der Waals surface area contributed by atoms with Crippen LogP contribution in [0.5, 0.6) is 5.75 Å². The van der Waals surface area contributed by atoms with Crippen molar-refractivity contribution in [3.05, 3.63) is 24.3 Å². The van der Waals surface area contributed by atoms with E-state index in [1.165, 1.54) is 25.7 Å². The molecule has 0 unspecified atom stereocenters. The fraction of sp³-hybridized carbons (Fsp3) is 0.588. The first-order chi connectivity index (χ1) is 10.7. The van der Waals surface area contributed by atoms with Gasteiger partial charge in [-0.05, 0) is 48.9 Å². The number of nitrogens with one attached hydrogen (secondary N) is 1. The number of ether oxygens (including phenoxy) is 2. The van der Waals surface area contributed by atoms with Crippen LogP contribution >= 0.6 is 24.0 Å². The summed E-state index contributed by atoms with van der Waals surface area (Å²) in [6.07, 6.45) is 6.06. The number of aliphatic imine (C=N–C) groups is 1. The van der Waals surface area contributed by atoms with Crippen molar-refractivity contribution >= 4 is 35.6 Å². The number of hydrogen-bond acceptors (Lipinski definition) is 3. The summed E-state index contributed by atoms with van der Waals surface area (Å²) in [5.41, 5.74) is 7.20. The van der Waals surface area contributed by atoms with Gasteiger partial charge in [0.1, 0.15) is 5.75 Å². The Labute approximate surface area is 156 Å². The van der Waals surface area contributed by atoms with Crippen molar-refractivity contribution < 1.29 is 9.47 Å². The summed E-state index contributed by atoms with van der Waals surface area (Å²) in [5.74, 6) is 1.29. The summed E-state index contributed by atoms with van der Waals surface area (Å²) in [7, 11) is 3.41. The fourth-order valence-corrected chi connectivity index (χ4v) is 3.05. The first-order valence-electron chi connectivity index (χ1n) is 7.87. The highest BCUT2D eigenvalue weighted by Crippen LogP contribution is 2.41. The predicted octanol–water partition coefficient (Wildman–Crippen LogP) is 3.64. The summed E-state index contributed by atoms with van der Waals surface area (Å²) in [5, 5.41) is 3.13. The van der Waals surface area contributed by atoms with E-state index in [2.05, 4.69) is 10.3 Å². The number of nitrogens with zero attached hydrogens (tertiary/aromatic N) is 1. The zero-order valence-corrected chi connectivity index (χ0v) is 16.3. The Bertz CT molecular complexity index is 485. The van der Waals surface area contributed by atoms with Crippen molar-refractivity contribution in [1.82, 2.24) is 0 Å². The van der Waals surface area contributed by atoms with E-state index in [9.17, 15) is 0 Å². The van der Waals surface area contributed by atoms with E-state index in [-0.39, 0.29) is 29.4 Å².